The van der Waals surface area contributed by atoms with Crippen molar-refractivity contribution in [2.24, 2.45) is 5.73 Å². The smallest absolute Gasteiger partial charge is 0.254 e. The number of carbonyl (C=O) groups is 1. The lowest BCUT2D eigenvalue weighted by molar-refractivity contribution is 0.0583. The average Bonchev–Trinajstić information content (AvgIpc) is 2.38. The molecule has 2 atom stereocenters. The topological polar surface area (TPSA) is 46.3 Å². The minimum absolute atomic E-state index is 0.0408. The van der Waals surface area contributed by atoms with E-state index < -0.39 is 0 Å². The van der Waals surface area contributed by atoms with Gasteiger partial charge in [-0.3, -0.25) is 4.79 Å². The number of benzene rings is 1. The van der Waals surface area contributed by atoms with Crippen LogP contribution in [0.3, 0.4) is 0 Å². The van der Waals surface area contributed by atoms with Crippen LogP contribution in [0.25, 0.3) is 0 Å². The molecule has 1 aliphatic heterocycles. The molecule has 0 aliphatic carbocycles. The fourth-order valence-corrected chi connectivity index (χ4v) is 2.70. The third-order valence-electron chi connectivity index (χ3n) is 3.68. The maximum absolute atomic E-state index is 12.5. The number of nitrogens with two attached hydrogens (primary N) is 1. The molecule has 1 aromatic rings. The largest absolute Gasteiger partial charge is 0.334 e. The SMILES string of the molecule is Cc1cccc(C(=O)N2CCCCC2C(C)N)c1. The van der Waals surface area contributed by atoms with Gasteiger partial charge in [0, 0.05) is 24.2 Å². The molecule has 3 nitrogen and oxygen atoms in total. The van der Waals surface area contributed by atoms with E-state index in [1.54, 1.807) is 0 Å². The standard InChI is InChI=1S/C15H22N2O/c1-11-6-5-7-13(10-11)15(18)17-9-4-3-8-14(17)12(2)16/h5-7,10,12,14H,3-4,8-9,16H2,1-2H3. The number of hydrogen-bond donors (Lipinski definition) is 1. The van der Waals surface area contributed by atoms with Crippen molar-refractivity contribution in [3.05, 3.63) is 35.4 Å². The number of likely N-dealkylation sites (tertiary alicyclic amines) is 1. The third kappa shape index (κ3) is 2.72. The summed E-state index contributed by atoms with van der Waals surface area (Å²) in [5, 5.41) is 0. The van der Waals surface area contributed by atoms with Crippen LogP contribution in [0.1, 0.15) is 42.1 Å². The highest BCUT2D eigenvalue weighted by molar-refractivity contribution is 5.94. The molecule has 1 aromatic carbocycles. The molecule has 1 fully saturated rings. The van der Waals surface area contributed by atoms with Gasteiger partial charge in [0.05, 0.1) is 0 Å². The minimum atomic E-state index is 0.0408. The summed E-state index contributed by atoms with van der Waals surface area (Å²) in [4.78, 5) is 14.5. The van der Waals surface area contributed by atoms with Crippen molar-refractivity contribution in [2.75, 3.05) is 6.54 Å². The number of nitrogens with zero attached hydrogens (tertiary/aromatic N) is 1. The Morgan fingerprint density at radius 1 is 1.44 bits per heavy atom. The molecule has 1 aliphatic rings. The zero-order valence-corrected chi connectivity index (χ0v) is 11.2. The summed E-state index contributed by atoms with van der Waals surface area (Å²) in [5.74, 6) is 0.126. The Hall–Kier alpha value is -1.35. The molecule has 0 saturated carbocycles. The fraction of sp³-hybridized carbons (Fsp3) is 0.533. The van der Waals surface area contributed by atoms with Crippen LogP contribution < -0.4 is 5.73 Å². The predicted molar refractivity (Wildman–Crippen MR) is 73.5 cm³/mol. The van der Waals surface area contributed by atoms with Crippen LogP contribution in [0.4, 0.5) is 0 Å². The highest BCUT2D eigenvalue weighted by atomic mass is 16.2. The van der Waals surface area contributed by atoms with Crippen molar-refractivity contribution >= 4 is 5.91 Å². The lowest BCUT2D eigenvalue weighted by Gasteiger charge is -2.38. The summed E-state index contributed by atoms with van der Waals surface area (Å²) in [7, 11) is 0. The molecule has 2 N–H and O–H groups in total. The van der Waals surface area contributed by atoms with E-state index in [1.165, 1.54) is 6.42 Å². The van der Waals surface area contributed by atoms with Gasteiger partial charge < -0.3 is 10.6 Å². The van der Waals surface area contributed by atoms with Gasteiger partial charge in [-0.2, -0.15) is 0 Å². The van der Waals surface area contributed by atoms with Gasteiger partial charge in [0.1, 0.15) is 0 Å². The molecule has 1 amide bonds. The molecule has 0 aromatic heterocycles. The second kappa shape index (κ2) is 5.53. The van der Waals surface area contributed by atoms with E-state index in [-0.39, 0.29) is 18.0 Å². The minimum Gasteiger partial charge on any atom is -0.334 e. The number of rotatable bonds is 2. The van der Waals surface area contributed by atoms with Gasteiger partial charge in [-0.25, -0.2) is 0 Å². The van der Waals surface area contributed by atoms with E-state index >= 15 is 0 Å². The van der Waals surface area contributed by atoms with Crippen LogP contribution in [-0.4, -0.2) is 29.4 Å². The number of hydrogen-bond acceptors (Lipinski definition) is 2. The Labute approximate surface area is 109 Å². The van der Waals surface area contributed by atoms with Gasteiger partial charge in [0.15, 0.2) is 0 Å². The Kier molecular flexibility index (Phi) is 4.02. The van der Waals surface area contributed by atoms with Crippen molar-refractivity contribution in [1.29, 1.82) is 0 Å². The molecule has 1 heterocycles. The second-order valence-corrected chi connectivity index (χ2v) is 5.29. The molecule has 2 rings (SSSR count). The molecule has 2 unspecified atom stereocenters. The van der Waals surface area contributed by atoms with E-state index in [4.69, 9.17) is 5.73 Å². The van der Waals surface area contributed by atoms with Crippen LogP contribution in [0, 0.1) is 6.92 Å². The molecule has 0 radical (unpaired) electrons. The molecule has 0 bridgehead atoms. The van der Waals surface area contributed by atoms with Crippen LogP contribution >= 0.6 is 0 Å². The first-order chi connectivity index (χ1) is 8.59. The van der Waals surface area contributed by atoms with Crippen molar-refractivity contribution in [1.82, 2.24) is 4.90 Å². The molecule has 18 heavy (non-hydrogen) atoms. The van der Waals surface area contributed by atoms with E-state index in [1.807, 2.05) is 43.0 Å². The summed E-state index contributed by atoms with van der Waals surface area (Å²) >= 11 is 0. The summed E-state index contributed by atoms with van der Waals surface area (Å²) in [6.07, 6.45) is 3.28. The second-order valence-electron chi connectivity index (χ2n) is 5.29. The number of carbonyl (C=O) groups excluding carboxylic acids is 1. The fourth-order valence-electron chi connectivity index (χ4n) is 2.70. The molecular formula is C15H22N2O. The van der Waals surface area contributed by atoms with E-state index in [0.29, 0.717) is 0 Å². The number of piperidine rings is 1. The van der Waals surface area contributed by atoms with Gasteiger partial charge >= 0.3 is 0 Å². The number of amides is 1. The molecule has 98 valence electrons. The van der Waals surface area contributed by atoms with Gasteiger partial charge in [-0.05, 0) is 45.2 Å². The maximum atomic E-state index is 12.5. The van der Waals surface area contributed by atoms with Crippen LogP contribution in [-0.2, 0) is 0 Å². The van der Waals surface area contributed by atoms with E-state index in [2.05, 4.69) is 0 Å². The maximum Gasteiger partial charge on any atom is 0.254 e. The van der Waals surface area contributed by atoms with Crippen LogP contribution in [0.5, 0.6) is 0 Å². The lowest BCUT2D eigenvalue weighted by Crippen LogP contribution is -2.51. The molecular weight excluding hydrogens is 224 g/mol. The van der Waals surface area contributed by atoms with Crippen molar-refractivity contribution in [3.8, 4) is 0 Å². The summed E-state index contributed by atoms with van der Waals surface area (Å²) in [6.45, 7) is 4.83. The average molecular weight is 246 g/mol. The normalized spacial score (nSPS) is 21.7. The lowest BCUT2D eigenvalue weighted by atomic mass is 9.96. The first-order valence-electron chi connectivity index (χ1n) is 6.73. The molecule has 3 heteroatoms. The Morgan fingerprint density at radius 2 is 2.22 bits per heavy atom. The van der Waals surface area contributed by atoms with E-state index in [9.17, 15) is 4.79 Å². The zero-order chi connectivity index (χ0) is 13.1. The highest BCUT2D eigenvalue weighted by Gasteiger charge is 2.29. The van der Waals surface area contributed by atoms with Crippen molar-refractivity contribution in [3.63, 3.8) is 0 Å². The van der Waals surface area contributed by atoms with E-state index in [0.717, 1.165) is 30.5 Å². The third-order valence-corrected chi connectivity index (χ3v) is 3.68. The Bertz CT molecular complexity index is 428. The van der Waals surface area contributed by atoms with Crippen molar-refractivity contribution < 1.29 is 4.79 Å². The first kappa shape index (κ1) is 13.1. The monoisotopic (exact) mass is 246 g/mol. The van der Waals surface area contributed by atoms with Crippen molar-refractivity contribution in [2.45, 2.75) is 45.2 Å². The predicted octanol–water partition coefficient (Wildman–Crippen LogP) is 2.34. The van der Waals surface area contributed by atoms with Gasteiger partial charge in [-0.15, -0.1) is 0 Å². The summed E-state index contributed by atoms with van der Waals surface area (Å²) < 4.78 is 0. The number of aryl methyl sites for hydroxylation is 1. The van der Waals surface area contributed by atoms with Gasteiger partial charge in [-0.1, -0.05) is 17.7 Å². The summed E-state index contributed by atoms with van der Waals surface area (Å²) in [6, 6.07) is 8.02. The van der Waals surface area contributed by atoms with Gasteiger partial charge in [0.2, 0.25) is 0 Å². The molecule has 1 saturated heterocycles. The quantitative estimate of drug-likeness (QED) is 0.870. The first-order valence-corrected chi connectivity index (χ1v) is 6.73. The summed E-state index contributed by atoms with van der Waals surface area (Å²) in [5.41, 5.74) is 7.91. The van der Waals surface area contributed by atoms with Crippen LogP contribution in [0.15, 0.2) is 24.3 Å². The van der Waals surface area contributed by atoms with Gasteiger partial charge in [0.25, 0.3) is 5.91 Å². The Balaban J connectivity index is 2.21. The zero-order valence-electron chi connectivity index (χ0n) is 11.2. The highest BCUT2D eigenvalue weighted by Crippen LogP contribution is 2.21. The molecule has 0 spiro atoms. The Morgan fingerprint density at radius 3 is 2.89 bits per heavy atom. The van der Waals surface area contributed by atoms with Crippen LogP contribution in [0.2, 0.25) is 0 Å².